The normalized spacial score (nSPS) is 17.8. The first-order valence-corrected chi connectivity index (χ1v) is 6.52. The van der Waals surface area contributed by atoms with Gasteiger partial charge in [0.2, 0.25) is 0 Å². The van der Waals surface area contributed by atoms with E-state index in [0.717, 1.165) is 0 Å². The zero-order chi connectivity index (χ0) is 13.3. The van der Waals surface area contributed by atoms with Gasteiger partial charge in [-0.25, -0.2) is 0 Å². The standard InChI is InChI=1S/C12H11NO3S2/c1-2-13-11(16)10(18-12(13)17)5-7-3-4-8(14)6-9(7)15/h3-6,14-15H,2H2,1H3. The van der Waals surface area contributed by atoms with Crippen LogP contribution in [0.2, 0.25) is 0 Å². The topological polar surface area (TPSA) is 60.8 Å². The van der Waals surface area contributed by atoms with Crippen LogP contribution < -0.4 is 0 Å². The van der Waals surface area contributed by atoms with E-state index < -0.39 is 0 Å². The van der Waals surface area contributed by atoms with Crippen molar-refractivity contribution in [2.45, 2.75) is 6.92 Å². The lowest BCUT2D eigenvalue weighted by Gasteiger charge is -2.09. The van der Waals surface area contributed by atoms with Gasteiger partial charge >= 0.3 is 0 Å². The summed E-state index contributed by atoms with van der Waals surface area (Å²) in [4.78, 5) is 13.9. The maximum absolute atomic E-state index is 11.9. The Morgan fingerprint density at radius 2 is 2.17 bits per heavy atom. The highest BCUT2D eigenvalue weighted by Gasteiger charge is 2.30. The van der Waals surface area contributed by atoms with Gasteiger partial charge in [0, 0.05) is 18.2 Å². The number of thiocarbonyl (C=S) groups is 1. The zero-order valence-electron chi connectivity index (χ0n) is 9.58. The van der Waals surface area contributed by atoms with Crippen LogP contribution in [0.4, 0.5) is 0 Å². The molecule has 0 radical (unpaired) electrons. The first-order valence-electron chi connectivity index (χ1n) is 5.30. The lowest BCUT2D eigenvalue weighted by molar-refractivity contribution is -0.121. The van der Waals surface area contributed by atoms with Crippen molar-refractivity contribution in [2.75, 3.05) is 6.54 Å². The van der Waals surface area contributed by atoms with E-state index in [1.165, 1.54) is 28.8 Å². The van der Waals surface area contributed by atoms with Crippen LogP contribution in [0.3, 0.4) is 0 Å². The molecule has 2 N–H and O–H groups in total. The first-order chi connectivity index (χ1) is 8.52. The number of likely N-dealkylation sites (N-methyl/N-ethyl adjacent to an activating group) is 1. The van der Waals surface area contributed by atoms with Crippen molar-refractivity contribution in [3.63, 3.8) is 0 Å². The fourth-order valence-corrected chi connectivity index (χ4v) is 2.94. The summed E-state index contributed by atoms with van der Waals surface area (Å²) in [6.07, 6.45) is 1.57. The summed E-state index contributed by atoms with van der Waals surface area (Å²) in [5.74, 6) is -0.248. The predicted molar refractivity (Wildman–Crippen MR) is 75.3 cm³/mol. The van der Waals surface area contributed by atoms with E-state index >= 15 is 0 Å². The third-order valence-electron chi connectivity index (χ3n) is 2.49. The number of nitrogens with zero attached hydrogens (tertiary/aromatic N) is 1. The monoisotopic (exact) mass is 281 g/mol. The molecule has 1 aromatic rings. The molecule has 0 unspecified atom stereocenters. The van der Waals surface area contributed by atoms with E-state index in [0.29, 0.717) is 21.3 Å². The Hall–Kier alpha value is -1.53. The van der Waals surface area contributed by atoms with Gasteiger partial charge < -0.3 is 10.2 Å². The Labute approximate surface area is 114 Å². The molecule has 0 aliphatic carbocycles. The Balaban J connectivity index is 2.35. The second-order valence-electron chi connectivity index (χ2n) is 3.67. The fourth-order valence-electron chi connectivity index (χ4n) is 1.57. The summed E-state index contributed by atoms with van der Waals surface area (Å²) in [6, 6.07) is 4.22. The molecule has 1 amide bonds. The van der Waals surface area contributed by atoms with Crippen molar-refractivity contribution >= 4 is 40.3 Å². The van der Waals surface area contributed by atoms with Gasteiger partial charge in [0.1, 0.15) is 15.8 Å². The highest BCUT2D eigenvalue weighted by atomic mass is 32.2. The molecular formula is C12H11NO3S2. The molecular weight excluding hydrogens is 270 g/mol. The minimum Gasteiger partial charge on any atom is -0.508 e. The Morgan fingerprint density at radius 1 is 1.44 bits per heavy atom. The summed E-state index contributed by atoms with van der Waals surface area (Å²) in [6.45, 7) is 2.38. The fraction of sp³-hybridized carbons (Fsp3) is 0.167. The molecule has 1 heterocycles. The molecule has 6 heteroatoms. The number of carbonyl (C=O) groups is 1. The zero-order valence-corrected chi connectivity index (χ0v) is 11.2. The molecule has 1 aromatic carbocycles. The summed E-state index contributed by atoms with van der Waals surface area (Å²) < 4.78 is 0.520. The van der Waals surface area contributed by atoms with Crippen LogP contribution in [-0.2, 0) is 4.79 Å². The van der Waals surface area contributed by atoms with E-state index in [4.69, 9.17) is 12.2 Å². The number of hydrogen-bond acceptors (Lipinski definition) is 5. The van der Waals surface area contributed by atoms with Crippen LogP contribution in [-0.4, -0.2) is 31.9 Å². The molecule has 0 aromatic heterocycles. The van der Waals surface area contributed by atoms with Crippen molar-refractivity contribution in [1.29, 1.82) is 0 Å². The molecule has 0 saturated carbocycles. The number of hydrogen-bond donors (Lipinski definition) is 2. The average Bonchev–Trinajstić information content (AvgIpc) is 2.58. The molecule has 94 valence electrons. The summed E-state index contributed by atoms with van der Waals surface area (Å²) in [5, 5.41) is 18.8. The van der Waals surface area contributed by atoms with Gasteiger partial charge in [-0.2, -0.15) is 0 Å². The van der Waals surface area contributed by atoms with Gasteiger partial charge in [-0.1, -0.05) is 24.0 Å². The number of rotatable bonds is 2. The minimum absolute atomic E-state index is 0.0224. The molecule has 0 spiro atoms. The van der Waals surface area contributed by atoms with Crippen molar-refractivity contribution < 1.29 is 15.0 Å². The number of aromatic hydroxyl groups is 2. The van der Waals surface area contributed by atoms with Crippen molar-refractivity contribution in [2.24, 2.45) is 0 Å². The van der Waals surface area contributed by atoms with Crippen LogP contribution in [0, 0.1) is 0 Å². The number of thioether (sulfide) groups is 1. The van der Waals surface area contributed by atoms with Crippen LogP contribution in [0.15, 0.2) is 23.1 Å². The van der Waals surface area contributed by atoms with Crippen molar-refractivity contribution in [3.8, 4) is 11.5 Å². The molecule has 1 aliphatic heterocycles. The van der Waals surface area contributed by atoms with Crippen molar-refractivity contribution in [1.82, 2.24) is 4.90 Å². The second-order valence-corrected chi connectivity index (χ2v) is 5.34. The lowest BCUT2D eigenvalue weighted by atomic mass is 10.1. The largest absolute Gasteiger partial charge is 0.508 e. The van der Waals surface area contributed by atoms with Crippen LogP contribution in [0.5, 0.6) is 11.5 Å². The Bertz CT molecular complexity index is 554. The minimum atomic E-state index is -0.153. The van der Waals surface area contributed by atoms with Crippen LogP contribution >= 0.6 is 24.0 Å². The lowest BCUT2D eigenvalue weighted by Crippen LogP contribution is -2.27. The molecule has 0 bridgehead atoms. The molecule has 0 atom stereocenters. The van der Waals surface area contributed by atoms with Gasteiger partial charge in [-0.05, 0) is 25.1 Å². The van der Waals surface area contributed by atoms with Gasteiger partial charge in [0.25, 0.3) is 5.91 Å². The number of phenolic OH excluding ortho intramolecular Hbond substituents is 2. The van der Waals surface area contributed by atoms with E-state index in [9.17, 15) is 15.0 Å². The third-order valence-corrected chi connectivity index (χ3v) is 3.87. The smallest absolute Gasteiger partial charge is 0.266 e. The van der Waals surface area contributed by atoms with E-state index in [1.807, 2.05) is 6.92 Å². The summed E-state index contributed by atoms with van der Waals surface area (Å²) in [7, 11) is 0. The highest BCUT2D eigenvalue weighted by molar-refractivity contribution is 8.26. The van der Waals surface area contributed by atoms with E-state index in [2.05, 4.69) is 0 Å². The van der Waals surface area contributed by atoms with Crippen LogP contribution in [0.1, 0.15) is 12.5 Å². The molecule has 1 aliphatic rings. The van der Waals surface area contributed by atoms with Gasteiger partial charge in [0.05, 0.1) is 4.91 Å². The van der Waals surface area contributed by atoms with Crippen molar-refractivity contribution in [3.05, 3.63) is 28.7 Å². The first kappa shape index (κ1) is 12.9. The van der Waals surface area contributed by atoms with Gasteiger partial charge in [0.15, 0.2) is 0 Å². The van der Waals surface area contributed by atoms with E-state index in [1.54, 1.807) is 12.1 Å². The molecule has 1 saturated heterocycles. The molecule has 4 nitrogen and oxygen atoms in total. The number of benzene rings is 1. The van der Waals surface area contributed by atoms with Gasteiger partial charge in [-0.3, -0.25) is 9.69 Å². The SMILES string of the molecule is CCN1C(=O)C(=Cc2ccc(O)cc2O)SC1=S. The molecule has 1 fully saturated rings. The predicted octanol–water partition coefficient (Wildman–Crippen LogP) is 2.32. The molecule has 18 heavy (non-hydrogen) atoms. The number of amides is 1. The Morgan fingerprint density at radius 3 is 2.72 bits per heavy atom. The third kappa shape index (κ3) is 2.34. The number of phenols is 2. The van der Waals surface area contributed by atoms with Crippen LogP contribution in [0.25, 0.3) is 6.08 Å². The molecule has 2 rings (SSSR count). The van der Waals surface area contributed by atoms with Gasteiger partial charge in [-0.15, -0.1) is 0 Å². The maximum atomic E-state index is 11.9. The second kappa shape index (κ2) is 4.99. The highest BCUT2D eigenvalue weighted by Crippen LogP contribution is 2.34. The quantitative estimate of drug-likeness (QED) is 0.643. The maximum Gasteiger partial charge on any atom is 0.266 e. The summed E-state index contributed by atoms with van der Waals surface area (Å²) >= 11 is 6.30. The van der Waals surface area contributed by atoms with E-state index in [-0.39, 0.29) is 17.4 Å². The summed E-state index contributed by atoms with van der Waals surface area (Å²) in [5.41, 5.74) is 0.476. The number of carbonyl (C=O) groups excluding carboxylic acids is 1. The Kier molecular flexibility index (Phi) is 3.58. The average molecular weight is 281 g/mol.